The molecule has 0 saturated carbocycles. The first-order chi connectivity index (χ1) is 14.6. The van der Waals surface area contributed by atoms with Gasteiger partial charge in [-0.1, -0.05) is 42.5 Å². The van der Waals surface area contributed by atoms with Crippen LogP contribution >= 0.6 is 0 Å². The van der Waals surface area contributed by atoms with Crippen molar-refractivity contribution >= 4 is 17.4 Å². The molecule has 1 unspecified atom stereocenters. The third-order valence-corrected chi connectivity index (χ3v) is 5.16. The third kappa shape index (κ3) is 3.72. The van der Waals surface area contributed by atoms with Crippen LogP contribution < -0.4 is 0 Å². The average Bonchev–Trinajstić information content (AvgIpc) is 3.04. The highest BCUT2D eigenvalue weighted by atomic mass is 19.1. The highest BCUT2D eigenvalue weighted by Gasteiger charge is 2.45. The Hall–Kier alpha value is -3.80. The summed E-state index contributed by atoms with van der Waals surface area (Å²) in [7, 11) is 0. The van der Waals surface area contributed by atoms with Crippen LogP contribution in [0.25, 0.3) is 5.76 Å². The number of aliphatic hydroxyl groups is 1. The van der Waals surface area contributed by atoms with E-state index in [0.29, 0.717) is 12.0 Å². The lowest BCUT2D eigenvalue weighted by atomic mass is 9.95. The predicted molar refractivity (Wildman–Crippen MR) is 110 cm³/mol. The summed E-state index contributed by atoms with van der Waals surface area (Å²) in [6.07, 6.45) is 3.47. The fraction of sp³-hybridized carbons (Fsp3) is 0.125. The van der Waals surface area contributed by atoms with Gasteiger partial charge in [0.15, 0.2) is 0 Å². The number of Topliss-reactive ketones (excluding diaryl/α,β-unsaturated/α-hetero) is 1. The first-order valence-electron chi connectivity index (χ1n) is 9.54. The number of hydrogen-bond donors (Lipinski definition) is 1. The number of carbonyl (C=O) groups excluding carboxylic acids is 2. The maximum Gasteiger partial charge on any atom is 0.295 e. The number of pyridine rings is 1. The monoisotopic (exact) mass is 402 g/mol. The first kappa shape index (κ1) is 19.5. The molecule has 0 aliphatic carbocycles. The van der Waals surface area contributed by atoms with Crippen molar-refractivity contribution in [2.75, 3.05) is 6.54 Å². The molecular formula is C24H19FN2O3. The van der Waals surface area contributed by atoms with Gasteiger partial charge in [-0.3, -0.25) is 14.6 Å². The molecule has 1 fully saturated rings. The van der Waals surface area contributed by atoms with Crippen LogP contribution in [0.3, 0.4) is 0 Å². The quantitative estimate of drug-likeness (QED) is 0.399. The van der Waals surface area contributed by atoms with E-state index in [9.17, 15) is 19.1 Å². The number of halogens is 1. The van der Waals surface area contributed by atoms with E-state index in [0.717, 1.165) is 11.1 Å². The fourth-order valence-corrected chi connectivity index (χ4v) is 3.66. The highest BCUT2D eigenvalue weighted by molar-refractivity contribution is 6.46. The SMILES string of the molecule is O=C1C(=O)N(CCc2ccc(F)cc2)C(c2ccccc2)/C1=C(/O)c1ccncc1. The number of aromatic nitrogens is 1. The van der Waals surface area contributed by atoms with Crippen LogP contribution in [0.2, 0.25) is 0 Å². The lowest BCUT2D eigenvalue weighted by molar-refractivity contribution is -0.139. The number of hydrogen-bond acceptors (Lipinski definition) is 4. The van der Waals surface area contributed by atoms with Crippen LogP contribution in [-0.2, 0) is 16.0 Å². The van der Waals surface area contributed by atoms with Gasteiger partial charge >= 0.3 is 0 Å². The van der Waals surface area contributed by atoms with Gasteiger partial charge in [-0.2, -0.15) is 0 Å². The Labute approximate surface area is 173 Å². The van der Waals surface area contributed by atoms with E-state index in [1.807, 2.05) is 30.3 Å². The van der Waals surface area contributed by atoms with Gasteiger partial charge in [-0.15, -0.1) is 0 Å². The van der Waals surface area contributed by atoms with Crippen LogP contribution in [0.4, 0.5) is 4.39 Å². The van der Waals surface area contributed by atoms with Crippen molar-refractivity contribution in [3.63, 3.8) is 0 Å². The second-order valence-electron chi connectivity index (χ2n) is 7.02. The molecule has 3 aromatic rings. The smallest absolute Gasteiger partial charge is 0.295 e. The number of benzene rings is 2. The molecule has 6 heteroatoms. The molecule has 150 valence electrons. The minimum atomic E-state index is -0.725. The molecule has 0 radical (unpaired) electrons. The molecule has 2 heterocycles. The molecular weight excluding hydrogens is 383 g/mol. The summed E-state index contributed by atoms with van der Waals surface area (Å²) in [6.45, 7) is 0.253. The van der Waals surface area contributed by atoms with Crippen molar-refractivity contribution in [2.24, 2.45) is 0 Å². The van der Waals surface area contributed by atoms with E-state index in [1.165, 1.54) is 29.4 Å². The van der Waals surface area contributed by atoms with Gasteiger partial charge in [0.1, 0.15) is 11.6 Å². The van der Waals surface area contributed by atoms with E-state index < -0.39 is 17.7 Å². The molecule has 1 aromatic heterocycles. The molecule has 1 aliphatic heterocycles. The fourth-order valence-electron chi connectivity index (χ4n) is 3.66. The Morgan fingerprint density at radius 3 is 2.30 bits per heavy atom. The molecule has 0 bridgehead atoms. The van der Waals surface area contributed by atoms with Crippen molar-refractivity contribution in [3.05, 3.63) is 107 Å². The second kappa shape index (κ2) is 8.29. The second-order valence-corrected chi connectivity index (χ2v) is 7.02. The number of ketones is 1. The largest absolute Gasteiger partial charge is 0.507 e. The molecule has 5 nitrogen and oxygen atoms in total. The van der Waals surface area contributed by atoms with Gasteiger partial charge in [-0.25, -0.2) is 4.39 Å². The van der Waals surface area contributed by atoms with E-state index in [1.54, 1.807) is 24.3 Å². The lowest BCUT2D eigenvalue weighted by Gasteiger charge is -2.25. The summed E-state index contributed by atoms with van der Waals surface area (Å²) >= 11 is 0. The van der Waals surface area contributed by atoms with E-state index in [-0.39, 0.29) is 23.7 Å². The third-order valence-electron chi connectivity index (χ3n) is 5.16. The Balaban J connectivity index is 1.74. The van der Waals surface area contributed by atoms with Crippen LogP contribution in [0.5, 0.6) is 0 Å². The Morgan fingerprint density at radius 2 is 1.63 bits per heavy atom. The molecule has 30 heavy (non-hydrogen) atoms. The minimum Gasteiger partial charge on any atom is -0.507 e. The maximum absolute atomic E-state index is 13.2. The zero-order valence-corrected chi connectivity index (χ0v) is 16.0. The predicted octanol–water partition coefficient (Wildman–Crippen LogP) is 3.89. The summed E-state index contributed by atoms with van der Waals surface area (Å²) in [5.41, 5.74) is 2.05. The van der Waals surface area contributed by atoms with Crippen molar-refractivity contribution in [1.29, 1.82) is 0 Å². The number of rotatable bonds is 5. The first-order valence-corrected chi connectivity index (χ1v) is 9.54. The Bertz CT molecular complexity index is 1100. The normalized spacial score (nSPS) is 18.0. The minimum absolute atomic E-state index is 0.0523. The molecule has 4 rings (SSSR count). The summed E-state index contributed by atoms with van der Waals surface area (Å²) in [6, 6.07) is 17.6. The van der Waals surface area contributed by atoms with Crippen LogP contribution in [-0.4, -0.2) is 33.2 Å². The summed E-state index contributed by atoms with van der Waals surface area (Å²) in [5.74, 6) is -1.95. The van der Waals surface area contributed by atoms with Crippen LogP contribution in [0.1, 0.15) is 22.7 Å². The van der Waals surface area contributed by atoms with Crippen molar-refractivity contribution in [3.8, 4) is 0 Å². The molecule has 1 aliphatic rings. The lowest BCUT2D eigenvalue weighted by Crippen LogP contribution is -2.31. The van der Waals surface area contributed by atoms with Gasteiger partial charge in [0, 0.05) is 24.5 Å². The summed E-state index contributed by atoms with van der Waals surface area (Å²) < 4.78 is 13.2. The van der Waals surface area contributed by atoms with Gasteiger partial charge in [0.2, 0.25) is 0 Å². The summed E-state index contributed by atoms with van der Waals surface area (Å²) in [5, 5.41) is 10.9. The van der Waals surface area contributed by atoms with E-state index in [4.69, 9.17) is 0 Å². The van der Waals surface area contributed by atoms with E-state index in [2.05, 4.69) is 4.98 Å². The van der Waals surface area contributed by atoms with Crippen LogP contribution in [0, 0.1) is 5.82 Å². The molecule has 1 N–H and O–H groups in total. The van der Waals surface area contributed by atoms with Gasteiger partial charge in [-0.05, 0) is 41.8 Å². The van der Waals surface area contributed by atoms with Gasteiger partial charge in [0.25, 0.3) is 11.7 Å². The Kier molecular flexibility index (Phi) is 5.39. The standard InChI is InChI=1S/C24H19FN2O3/c25-19-8-6-16(7-9-19)12-15-27-21(17-4-2-1-3-5-17)20(23(29)24(27)30)22(28)18-10-13-26-14-11-18/h1-11,13-14,21,28H,12,15H2/b22-20-. The Morgan fingerprint density at radius 1 is 0.967 bits per heavy atom. The number of likely N-dealkylation sites (tertiary alicyclic amines) is 1. The van der Waals surface area contributed by atoms with Crippen molar-refractivity contribution < 1.29 is 19.1 Å². The molecule has 1 amide bonds. The average molecular weight is 402 g/mol. The number of amides is 1. The zero-order valence-electron chi connectivity index (χ0n) is 16.0. The van der Waals surface area contributed by atoms with Gasteiger partial charge in [0.05, 0.1) is 11.6 Å². The highest BCUT2D eigenvalue weighted by Crippen LogP contribution is 2.39. The summed E-state index contributed by atoms with van der Waals surface area (Å²) in [4.78, 5) is 31.2. The van der Waals surface area contributed by atoms with Crippen molar-refractivity contribution in [2.45, 2.75) is 12.5 Å². The molecule has 1 saturated heterocycles. The number of carbonyl (C=O) groups is 2. The van der Waals surface area contributed by atoms with E-state index >= 15 is 0 Å². The van der Waals surface area contributed by atoms with Gasteiger partial charge < -0.3 is 10.0 Å². The molecule has 0 spiro atoms. The molecule has 1 atom stereocenters. The topological polar surface area (TPSA) is 70.5 Å². The van der Waals surface area contributed by atoms with Crippen LogP contribution in [0.15, 0.2) is 84.7 Å². The zero-order chi connectivity index (χ0) is 21.1. The van der Waals surface area contributed by atoms with Crippen molar-refractivity contribution in [1.82, 2.24) is 9.88 Å². The molecule has 2 aromatic carbocycles. The maximum atomic E-state index is 13.2. The number of nitrogens with zero attached hydrogens (tertiary/aromatic N) is 2. The number of aliphatic hydroxyl groups excluding tert-OH is 1.